The van der Waals surface area contributed by atoms with E-state index >= 15 is 0 Å². The molecule has 41 heavy (non-hydrogen) atoms. The van der Waals surface area contributed by atoms with Crippen LogP contribution in [-0.2, 0) is 14.3 Å². The van der Waals surface area contributed by atoms with Gasteiger partial charge in [-0.15, -0.1) is 0 Å². The average molecular weight is 633 g/mol. The monoisotopic (exact) mass is 632 g/mol. The second kappa shape index (κ2) is 14.4. The Morgan fingerprint density at radius 3 is 2.51 bits per heavy atom. The minimum Gasteiger partial charge on any atom is -0.493 e. The van der Waals surface area contributed by atoms with Crippen molar-refractivity contribution in [3.63, 3.8) is 0 Å². The van der Waals surface area contributed by atoms with Crippen LogP contribution in [0.3, 0.4) is 0 Å². The molecule has 2 aromatic rings. The van der Waals surface area contributed by atoms with E-state index in [2.05, 4.69) is 37.1 Å². The molecule has 1 heterocycles. The fourth-order valence-electron chi connectivity index (χ4n) is 3.93. The Kier molecular flexibility index (Phi) is 11.0. The largest absolute Gasteiger partial charge is 0.493 e. The Labute approximate surface area is 246 Å². The number of nitrogens with one attached hydrogen (secondary N) is 3. The predicted octanol–water partition coefficient (Wildman–Crippen LogP) is 3.97. The van der Waals surface area contributed by atoms with Crippen LogP contribution in [-0.4, -0.2) is 57.7 Å². The van der Waals surface area contributed by atoms with Crippen molar-refractivity contribution in [2.45, 2.75) is 39.8 Å². The zero-order valence-electron chi connectivity index (χ0n) is 23.6. The lowest BCUT2D eigenvalue weighted by atomic mass is 9.95. The molecule has 0 saturated heterocycles. The highest BCUT2D eigenvalue weighted by Gasteiger charge is 2.32. The third kappa shape index (κ3) is 8.13. The van der Waals surface area contributed by atoms with Crippen LogP contribution in [0.1, 0.15) is 44.9 Å². The molecule has 1 atom stereocenters. The minimum absolute atomic E-state index is 0.0395. The summed E-state index contributed by atoms with van der Waals surface area (Å²) in [6, 6.07) is 7.15. The molecule has 0 fully saturated rings. The maximum Gasteiger partial charge on any atom is 0.338 e. The highest BCUT2D eigenvalue weighted by atomic mass is 79.9. The fourth-order valence-corrected chi connectivity index (χ4v) is 4.48. The van der Waals surface area contributed by atoms with Crippen molar-refractivity contribution in [1.82, 2.24) is 16.1 Å². The standard InChI is InChI=1S/C28H33BrN4O8/c1-7-39-27(35)24-16(4)31-28(36)32-25(24)18-8-9-20(21(12-18)37-5)40-14-23(34)33-30-13-17-10-19(29)26(41-15(2)3)22(11-17)38-6/h8-13,15,25H,7,14H2,1-6H3,(H,33,34)(H2,31,32,36)/b30-13+/t25-/m1/s1. The van der Waals surface area contributed by atoms with Crippen LogP contribution in [0, 0.1) is 0 Å². The molecule has 12 nitrogen and oxygen atoms in total. The number of halogens is 1. The minimum atomic E-state index is -0.770. The van der Waals surface area contributed by atoms with Crippen LogP contribution in [0.4, 0.5) is 4.79 Å². The summed E-state index contributed by atoms with van der Waals surface area (Å²) in [6.07, 6.45) is 1.42. The lowest BCUT2D eigenvalue weighted by Crippen LogP contribution is -2.45. The average Bonchev–Trinajstić information content (AvgIpc) is 2.92. The van der Waals surface area contributed by atoms with Gasteiger partial charge in [0.1, 0.15) is 0 Å². The van der Waals surface area contributed by atoms with Crippen LogP contribution < -0.4 is 35.0 Å². The van der Waals surface area contributed by atoms with Gasteiger partial charge in [-0.25, -0.2) is 15.0 Å². The van der Waals surface area contributed by atoms with Crippen LogP contribution in [0.15, 0.2) is 51.2 Å². The SMILES string of the molecule is CCOC(=O)C1=C(C)NC(=O)N[C@@H]1c1ccc(OCC(=O)N/N=C/c2cc(Br)c(OC(C)C)c(OC)c2)c(OC)c1. The molecule has 1 aliphatic rings. The second-order valence-corrected chi connectivity index (χ2v) is 9.84. The van der Waals surface area contributed by atoms with E-state index in [1.54, 1.807) is 44.2 Å². The van der Waals surface area contributed by atoms with E-state index < -0.39 is 23.9 Å². The third-order valence-electron chi connectivity index (χ3n) is 5.65. The summed E-state index contributed by atoms with van der Waals surface area (Å²) in [7, 11) is 2.98. The third-order valence-corrected chi connectivity index (χ3v) is 6.24. The summed E-state index contributed by atoms with van der Waals surface area (Å²) in [4.78, 5) is 37.1. The van der Waals surface area contributed by atoms with Crippen molar-refractivity contribution in [2.75, 3.05) is 27.4 Å². The van der Waals surface area contributed by atoms with E-state index in [0.29, 0.717) is 38.5 Å². The quantitative estimate of drug-likeness (QED) is 0.181. The number of rotatable bonds is 12. The molecule has 0 saturated carbocycles. The molecule has 3 rings (SSSR count). The molecule has 1 aliphatic heterocycles. The summed E-state index contributed by atoms with van der Waals surface area (Å²) in [6.45, 7) is 6.99. The highest BCUT2D eigenvalue weighted by molar-refractivity contribution is 9.10. The Balaban J connectivity index is 1.67. The number of hydrazone groups is 1. The van der Waals surface area contributed by atoms with Gasteiger partial charge in [-0.1, -0.05) is 6.07 Å². The zero-order valence-corrected chi connectivity index (χ0v) is 25.2. The van der Waals surface area contributed by atoms with Gasteiger partial charge >= 0.3 is 12.0 Å². The summed E-state index contributed by atoms with van der Waals surface area (Å²) in [5, 5.41) is 9.30. The molecule has 0 aliphatic carbocycles. The Hall–Kier alpha value is -4.26. The maximum absolute atomic E-state index is 12.6. The summed E-state index contributed by atoms with van der Waals surface area (Å²) in [5.74, 6) is 0.611. The molecular formula is C28H33BrN4O8. The number of benzene rings is 2. The summed E-state index contributed by atoms with van der Waals surface area (Å²) < 4.78 is 28.1. The van der Waals surface area contributed by atoms with Crippen molar-refractivity contribution in [1.29, 1.82) is 0 Å². The topological polar surface area (TPSA) is 146 Å². The normalized spacial score (nSPS) is 14.8. The number of urea groups is 1. The van der Waals surface area contributed by atoms with Gasteiger partial charge in [0.05, 0.1) is 49.2 Å². The van der Waals surface area contributed by atoms with E-state index in [1.165, 1.54) is 20.4 Å². The summed E-state index contributed by atoms with van der Waals surface area (Å²) in [5.41, 5.74) is 4.30. The number of hydrogen-bond donors (Lipinski definition) is 3. The number of carbonyl (C=O) groups excluding carboxylic acids is 3. The molecule has 0 aromatic heterocycles. The highest BCUT2D eigenvalue weighted by Crippen LogP contribution is 2.37. The molecule has 0 radical (unpaired) electrons. The van der Waals surface area contributed by atoms with Gasteiger partial charge < -0.3 is 34.3 Å². The van der Waals surface area contributed by atoms with Gasteiger partial charge in [0.25, 0.3) is 5.91 Å². The molecular weight excluding hydrogens is 600 g/mol. The molecule has 2 aromatic carbocycles. The van der Waals surface area contributed by atoms with Crippen molar-refractivity contribution in [3.8, 4) is 23.0 Å². The lowest BCUT2D eigenvalue weighted by molar-refractivity contribution is -0.139. The Morgan fingerprint density at radius 1 is 1.12 bits per heavy atom. The number of nitrogens with zero attached hydrogens (tertiary/aromatic N) is 1. The van der Waals surface area contributed by atoms with Crippen LogP contribution in [0.5, 0.6) is 23.0 Å². The molecule has 0 bridgehead atoms. The van der Waals surface area contributed by atoms with E-state index in [-0.39, 0.29) is 30.6 Å². The molecule has 220 valence electrons. The van der Waals surface area contributed by atoms with Crippen molar-refractivity contribution < 1.29 is 38.1 Å². The molecule has 13 heteroatoms. The first-order chi connectivity index (χ1) is 19.6. The summed E-state index contributed by atoms with van der Waals surface area (Å²) >= 11 is 3.47. The number of ether oxygens (including phenoxy) is 5. The van der Waals surface area contributed by atoms with Gasteiger partial charge in [-0.2, -0.15) is 5.10 Å². The Bertz CT molecular complexity index is 1360. The van der Waals surface area contributed by atoms with Crippen LogP contribution in [0.25, 0.3) is 0 Å². The van der Waals surface area contributed by atoms with Gasteiger partial charge in [0.15, 0.2) is 29.6 Å². The fraction of sp³-hybridized carbons (Fsp3) is 0.357. The van der Waals surface area contributed by atoms with E-state index in [1.807, 2.05) is 13.8 Å². The molecule has 0 unspecified atom stereocenters. The smallest absolute Gasteiger partial charge is 0.338 e. The number of carbonyl (C=O) groups is 3. The van der Waals surface area contributed by atoms with Gasteiger partial charge in [0, 0.05) is 5.70 Å². The van der Waals surface area contributed by atoms with Crippen LogP contribution in [0.2, 0.25) is 0 Å². The van der Waals surface area contributed by atoms with Crippen LogP contribution >= 0.6 is 15.9 Å². The van der Waals surface area contributed by atoms with E-state index in [4.69, 9.17) is 23.7 Å². The second-order valence-electron chi connectivity index (χ2n) is 8.98. The molecule has 3 amide bonds. The van der Waals surface area contributed by atoms with Gasteiger partial charge in [0.2, 0.25) is 0 Å². The van der Waals surface area contributed by atoms with Gasteiger partial charge in [-0.3, -0.25) is 4.79 Å². The maximum atomic E-state index is 12.6. The van der Waals surface area contributed by atoms with Crippen molar-refractivity contribution in [2.24, 2.45) is 5.10 Å². The Morgan fingerprint density at radius 2 is 1.85 bits per heavy atom. The zero-order chi connectivity index (χ0) is 30.1. The first kappa shape index (κ1) is 31.3. The number of amides is 3. The first-order valence-electron chi connectivity index (χ1n) is 12.7. The van der Waals surface area contributed by atoms with Crippen molar-refractivity contribution >= 4 is 40.1 Å². The number of esters is 1. The van der Waals surface area contributed by atoms with E-state index in [0.717, 1.165) is 0 Å². The first-order valence-corrected chi connectivity index (χ1v) is 13.5. The molecule has 3 N–H and O–H groups in total. The number of methoxy groups -OCH3 is 2. The van der Waals surface area contributed by atoms with E-state index in [9.17, 15) is 14.4 Å². The number of allylic oxidation sites excluding steroid dienone is 1. The number of hydrogen-bond acceptors (Lipinski definition) is 9. The van der Waals surface area contributed by atoms with Crippen molar-refractivity contribution in [3.05, 3.63) is 57.2 Å². The molecule has 0 spiro atoms. The van der Waals surface area contributed by atoms with Gasteiger partial charge in [-0.05, 0) is 79.0 Å². The lowest BCUT2D eigenvalue weighted by Gasteiger charge is -2.28. The predicted molar refractivity (Wildman–Crippen MR) is 154 cm³/mol.